The number of hydrogen-bond donors (Lipinski definition) is 2. The predicted octanol–water partition coefficient (Wildman–Crippen LogP) is 2.15. The van der Waals surface area contributed by atoms with E-state index in [0.717, 1.165) is 29.2 Å². The number of aromatic hydroxyl groups is 1. The number of piperazine rings is 1. The number of aromatic nitrogens is 2. The highest BCUT2D eigenvalue weighted by molar-refractivity contribution is 5.65. The van der Waals surface area contributed by atoms with Crippen molar-refractivity contribution in [2.75, 3.05) is 63.2 Å². The van der Waals surface area contributed by atoms with E-state index < -0.39 is 12.0 Å². The third kappa shape index (κ3) is 5.55. The van der Waals surface area contributed by atoms with Crippen molar-refractivity contribution in [1.29, 1.82) is 0 Å². The van der Waals surface area contributed by atoms with Crippen LogP contribution in [0.25, 0.3) is 0 Å². The summed E-state index contributed by atoms with van der Waals surface area (Å²) in [5.74, 6) is -0.119. The van der Waals surface area contributed by atoms with Gasteiger partial charge in [0.1, 0.15) is 18.1 Å². The molecule has 2 N–H and O–H groups in total. The summed E-state index contributed by atoms with van der Waals surface area (Å²) in [4.78, 5) is 17.8. The Labute approximate surface area is 212 Å². The summed E-state index contributed by atoms with van der Waals surface area (Å²) in [5, 5.41) is 20.6. The maximum Gasteiger partial charge on any atom is 0.318 e. The minimum atomic E-state index is -0.659. The van der Waals surface area contributed by atoms with Crippen LogP contribution < -0.4 is 14.5 Å². The lowest BCUT2D eigenvalue weighted by Crippen LogP contribution is -2.50. The third-order valence-electron chi connectivity index (χ3n) is 6.77. The number of hydrogen-bond acceptors (Lipinski definition) is 9. The molecule has 10 heteroatoms. The molecule has 1 unspecified atom stereocenters. The lowest BCUT2D eigenvalue weighted by molar-refractivity contribution is 0.0379. The van der Waals surface area contributed by atoms with Crippen LogP contribution in [0.4, 0.5) is 15.9 Å². The standard InChI is InChI=1S/C26H37FN6O3/c1-6-22(34)31-11-13-32(14-12-31)25-19-9-10-33(23-17(2)7-8-20(27)24(23)35)16-21(19)28-26(29-25)36-18(3)15-30(4)5/h6-8,18,22,34-35H,1,9-16H2,2-5H3/t18-,22?/m1/s1. The number of fused-ring (bicyclic) bond motifs is 1. The van der Waals surface area contributed by atoms with Crippen molar-refractivity contribution in [3.8, 4) is 11.8 Å². The summed E-state index contributed by atoms with van der Waals surface area (Å²) in [5.41, 5.74) is 3.16. The van der Waals surface area contributed by atoms with Gasteiger partial charge in [0.15, 0.2) is 11.6 Å². The number of rotatable bonds is 8. The van der Waals surface area contributed by atoms with Crippen molar-refractivity contribution in [2.24, 2.45) is 0 Å². The van der Waals surface area contributed by atoms with Crippen molar-refractivity contribution >= 4 is 11.5 Å². The molecule has 2 atom stereocenters. The van der Waals surface area contributed by atoms with Gasteiger partial charge in [-0.3, -0.25) is 4.90 Å². The Hall–Kier alpha value is -2.95. The number of aliphatic hydroxyl groups is 1. The molecule has 2 aliphatic rings. The second kappa shape index (κ2) is 11.0. The summed E-state index contributed by atoms with van der Waals surface area (Å²) in [6.45, 7) is 12.0. The molecule has 0 aliphatic carbocycles. The quantitative estimate of drug-likeness (QED) is 0.530. The fraction of sp³-hybridized carbons (Fsp3) is 0.538. The average Bonchev–Trinajstić information content (AvgIpc) is 2.85. The summed E-state index contributed by atoms with van der Waals surface area (Å²) in [6, 6.07) is 3.28. The molecule has 1 saturated heterocycles. The molecule has 2 aliphatic heterocycles. The van der Waals surface area contributed by atoms with Gasteiger partial charge in [-0.1, -0.05) is 12.6 Å². The summed E-state index contributed by atoms with van der Waals surface area (Å²) >= 11 is 0. The van der Waals surface area contributed by atoms with Gasteiger partial charge in [0.05, 0.1) is 17.9 Å². The van der Waals surface area contributed by atoms with E-state index >= 15 is 0 Å². The van der Waals surface area contributed by atoms with Crippen molar-refractivity contribution < 1.29 is 19.3 Å². The number of anilines is 2. The SMILES string of the molecule is C=CC(O)N1CCN(c2nc(O[C@H](C)CN(C)C)nc3c2CCN(c2c(C)ccc(F)c2O)C3)CC1. The van der Waals surface area contributed by atoms with Crippen LogP contribution in [-0.4, -0.2) is 95.7 Å². The molecular weight excluding hydrogens is 463 g/mol. The Bertz CT molecular complexity index is 1090. The van der Waals surface area contributed by atoms with E-state index in [9.17, 15) is 14.6 Å². The van der Waals surface area contributed by atoms with E-state index in [-0.39, 0.29) is 11.9 Å². The first-order chi connectivity index (χ1) is 17.2. The first kappa shape index (κ1) is 26.1. The monoisotopic (exact) mass is 500 g/mol. The Kier molecular flexibility index (Phi) is 7.97. The first-order valence-corrected chi connectivity index (χ1v) is 12.4. The molecule has 0 saturated carbocycles. The second-order valence-corrected chi connectivity index (χ2v) is 9.85. The predicted molar refractivity (Wildman–Crippen MR) is 138 cm³/mol. The Balaban J connectivity index is 1.65. The van der Waals surface area contributed by atoms with Gasteiger partial charge >= 0.3 is 6.01 Å². The van der Waals surface area contributed by atoms with Crippen LogP contribution in [0.2, 0.25) is 0 Å². The lowest BCUT2D eigenvalue weighted by Gasteiger charge is -2.39. The van der Waals surface area contributed by atoms with Crippen molar-refractivity contribution in [2.45, 2.75) is 39.1 Å². The van der Waals surface area contributed by atoms with Gasteiger partial charge in [-0.2, -0.15) is 9.97 Å². The van der Waals surface area contributed by atoms with E-state index in [1.165, 1.54) is 6.07 Å². The molecule has 3 heterocycles. The van der Waals surface area contributed by atoms with Crippen LogP contribution in [0.1, 0.15) is 23.7 Å². The van der Waals surface area contributed by atoms with E-state index in [1.807, 2.05) is 42.6 Å². The number of phenols is 1. The number of phenolic OH excluding ortho intramolecular Hbond substituents is 1. The Morgan fingerprint density at radius 2 is 1.89 bits per heavy atom. The first-order valence-electron chi connectivity index (χ1n) is 12.4. The smallest absolute Gasteiger partial charge is 0.318 e. The fourth-order valence-corrected chi connectivity index (χ4v) is 5.03. The molecule has 1 aromatic carbocycles. The van der Waals surface area contributed by atoms with Crippen LogP contribution in [0, 0.1) is 12.7 Å². The number of benzene rings is 1. The minimum absolute atomic E-state index is 0.111. The van der Waals surface area contributed by atoms with Crippen molar-refractivity contribution in [3.05, 3.63) is 47.4 Å². The fourth-order valence-electron chi connectivity index (χ4n) is 5.03. The normalized spacial score (nSPS) is 18.2. The van der Waals surface area contributed by atoms with Crippen LogP contribution in [0.5, 0.6) is 11.8 Å². The number of aryl methyl sites for hydroxylation is 1. The van der Waals surface area contributed by atoms with Crippen LogP contribution >= 0.6 is 0 Å². The molecule has 0 bridgehead atoms. The maximum absolute atomic E-state index is 14.2. The van der Waals surface area contributed by atoms with Gasteiger partial charge < -0.3 is 29.6 Å². The summed E-state index contributed by atoms with van der Waals surface area (Å²) in [6.07, 6.45) is 1.43. The van der Waals surface area contributed by atoms with Gasteiger partial charge in [-0.15, -0.1) is 0 Å². The topological polar surface area (TPSA) is 88.4 Å². The van der Waals surface area contributed by atoms with Crippen molar-refractivity contribution in [1.82, 2.24) is 19.8 Å². The van der Waals surface area contributed by atoms with Crippen LogP contribution in [0.15, 0.2) is 24.8 Å². The third-order valence-corrected chi connectivity index (χ3v) is 6.77. The number of halogens is 1. The second-order valence-electron chi connectivity index (χ2n) is 9.85. The van der Waals surface area contributed by atoms with E-state index in [4.69, 9.17) is 14.7 Å². The zero-order chi connectivity index (χ0) is 26.0. The van der Waals surface area contributed by atoms with E-state index in [1.54, 1.807) is 12.1 Å². The molecule has 0 amide bonds. The van der Waals surface area contributed by atoms with Gasteiger partial charge in [0, 0.05) is 44.8 Å². The zero-order valence-corrected chi connectivity index (χ0v) is 21.6. The highest BCUT2D eigenvalue weighted by atomic mass is 19.1. The molecule has 0 spiro atoms. The van der Waals surface area contributed by atoms with Gasteiger partial charge in [0.2, 0.25) is 0 Å². The Morgan fingerprint density at radius 3 is 2.56 bits per heavy atom. The van der Waals surface area contributed by atoms with Crippen LogP contribution in [0.3, 0.4) is 0 Å². The highest BCUT2D eigenvalue weighted by Gasteiger charge is 2.30. The molecule has 0 radical (unpaired) electrons. The van der Waals surface area contributed by atoms with Crippen molar-refractivity contribution in [3.63, 3.8) is 0 Å². The lowest BCUT2D eigenvalue weighted by atomic mass is 10.0. The average molecular weight is 501 g/mol. The highest BCUT2D eigenvalue weighted by Crippen LogP contribution is 2.38. The van der Waals surface area contributed by atoms with E-state index in [2.05, 4.69) is 11.5 Å². The largest absolute Gasteiger partial charge is 0.503 e. The maximum atomic E-state index is 14.2. The number of aliphatic hydroxyl groups excluding tert-OH is 1. The van der Waals surface area contributed by atoms with Gasteiger partial charge in [-0.25, -0.2) is 4.39 Å². The zero-order valence-electron chi connectivity index (χ0n) is 21.6. The number of nitrogens with zero attached hydrogens (tertiary/aromatic N) is 6. The molecule has 4 rings (SSSR count). The molecule has 36 heavy (non-hydrogen) atoms. The molecule has 9 nitrogen and oxygen atoms in total. The number of ether oxygens (including phenoxy) is 1. The molecular formula is C26H37FN6O3. The van der Waals surface area contributed by atoms with E-state index in [0.29, 0.717) is 57.4 Å². The van der Waals surface area contributed by atoms with Gasteiger partial charge in [0.25, 0.3) is 0 Å². The molecule has 1 fully saturated rings. The molecule has 1 aromatic heterocycles. The molecule has 2 aromatic rings. The number of likely N-dealkylation sites (N-methyl/N-ethyl adjacent to an activating group) is 1. The summed E-state index contributed by atoms with van der Waals surface area (Å²) in [7, 11) is 3.98. The minimum Gasteiger partial charge on any atom is -0.503 e. The summed E-state index contributed by atoms with van der Waals surface area (Å²) < 4.78 is 20.3. The molecule has 196 valence electrons. The van der Waals surface area contributed by atoms with Gasteiger partial charge in [-0.05, 0) is 52.1 Å². The van der Waals surface area contributed by atoms with Crippen LogP contribution in [-0.2, 0) is 13.0 Å². The Morgan fingerprint density at radius 1 is 1.17 bits per heavy atom.